The molecule has 3 radical (unpaired) electrons. The fraction of sp³-hybridized carbons (Fsp3) is 0.889. The fourth-order valence-electron chi connectivity index (χ4n) is 3.99. The standard InChI is InChI=1S/C18H31O2Si/c1-19-18(21,20-2)12-8-6-4-3-5-7-9-16-13-15-10-11-17(16)14-15/h10-11,15-17H,3-9,12-14H2,1-2H3. The van der Waals surface area contributed by atoms with Gasteiger partial charge in [0.05, 0.1) is 0 Å². The van der Waals surface area contributed by atoms with Crippen molar-refractivity contribution in [1.82, 2.24) is 0 Å². The molecule has 0 aromatic carbocycles. The molecule has 0 aliphatic heterocycles. The second kappa shape index (κ2) is 8.49. The summed E-state index contributed by atoms with van der Waals surface area (Å²) in [6, 6.07) is 0. The summed E-state index contributed by atoms with van der Waals surface area (Å²) in [7, 11) is 6.90. The summed E-state index contributed by atoms with van der Waals surface area (Å²) in [6.07, 6.45) is 18.2. The van der Waals surface area contributed by atoms with E-state index in [0.717, 1.165) is 30.6 Å². The highest BCUT2D eigenvalue weighted by atomic mass is 28.1. The molecule has 0 spiro atoms. The Morgan fingerprint density at radius 3 is 2.19 bits per heavy atom. The van der Waals surface area contributed by atoms with Gasteiger partial charge in [0.1, 0.15) is 15.7 Å². The van der Waals surface area contributed by atoms with Crippen molar-refractivity contribution in [1.29, 1.82) is 0 Å². The van der Waals surface area contributed by atoms with E-state index in [0.29, 0.717) is 0 Å². The Hall–Kier alpha value is -0.123. The highest BCUT2D eigenvalue weighted by Crippen LogP contribution is 2.45. The molecule has 2 bridgehead atoms. The van der Waals surface area contributed by atoms with Gasteiger partial charge in [-0.15, -0.1) is 0 Å². The lowest BCUT2D eigenvalue weighted by Gasteiger charge is -2.26. The second-order valence-corrected chi connectivity index (χ2v) is 7.62. The molecule has 0 aromatic heterocycles. The lowest BCUT2D eigenvalue weighted by Crippen LogP contribution is -2.33. The SMILES string of the molecule is COC([Si])(CCCCCCCCC1CC2C=CC1C2)OC. The minimum absolute atomic E-state index is 0.574. The second-order valence-electron chi connectivity index (χ2n) is 6.86. The van der Waals surface area contributed by atoms with Crippen LogP contribution in [0.1, 0.15) is 64.2 Å². The van der Waals surface area contributed by atoms with E-state index in [9.17, 15) is 0 Å². The molecule has 0 saturated heterocycles. The third-order valence-electron chi connectivity index (χ3n) is 5.41. The molecule has 2 aliphatic rings. The monoisotopic (exact) mass is 307 g/mol. The topological polar surface area (TPSA) is 18.5 Å². The summed E-state index contributed by atoms with van der Waals surface area (Å²) < 4.78 is 10.6. The highest BCUT2D eigenvalue weighted by molar-refractivity contribution is 6.13. The fourth-order valence-corrected chi connectivity index (χ4v) is 4.16. The van der Waals surface area contributed by atoms with Crippen LogP contribution in [0.4, 0.5) is 0 Å². The lowest BCUT2D eigenvalue weighted by atomic mass is 9.88. The van der Waals surface area contributed by atoms with Crippen LogP contribution >= 0.6 is 0 Å². The first-order chi connectivity index (χ1) is 10.2. The molecule has 0 heterocycles. The normalized spacial score (nSPS) is 27.7. The molecule has 0 aromatic rings. The van der Waals surface area contributed by atoms with Gasteiger partial charge < -0.3 is 9.47 Å². The molecule has 3 unspecified atom stereocenters. The van der Waals surface area contributed by atoms with Crippen LogP contribution in [0.3, 0.4) is 0 Å². The zero-order chi connectivity index (χ0) is 15.1. The quantitative estimate of drug-likeness (QED) is 0.243. The van der Waals surface area contributed by atoms with Gasteiger partial charge in [-0.05, 0) is 49.9 Å². The summed E-state index contributed by atoms with van der Waals surface area (Å²) in [5.41, 5.74) is -0.574. The molecule has 0 N–H and O–H groups in total. The van der Waals surface area contributed by atoms with Crippen LogP contribution in [0.2, 0.25) is 0 Å². The van der Waals surface area contributed by atoms with Gasteiger partial charge >= 0.3 is 0 Å². The Labute approximate surface area is 134 Å². The zero-order valence-electron chi connectivity index (χ0n) is 13.8. The Morgan fingerprint density at radius 2 is 1.62 bits per heavy atom. The minimum Gasteiger partial charge on any atom is -0.358 e. The van der Waals surface area contributed by atoms with Gasteiger partial charge in [-0.3, -0.25) is 0 Å². The maximum Gasteiger partial charge on any atom is 0.143 e. The van der Waals surface area contributed by atoms with Crippen molar-refractivity contribution in [2.75, 3.05) is 14.2 Å². The van der Waals surface area contributed by atoms with Gasteiger partial charge in [-0.25, -0.2) is 0 Å². The smallest absolute Gasteiger partial charge is 0.143 e. The molecular formula is C18H31O2Si. The Morgan fingerprint density at radius 1 is 0.952 bits per heavy atom. The van der Waals surface area contributed by atoms with Gasteiger partial charge in [-0.2, -0.15) is 0 Å². The summed E-state index contributed by atoms with van der Waals surface area (Å²) in [5.74, 6) is 2.88. The maximum atomic E-state index is 5.30. The Kier molecular flexibility index (Phi) is 6.97. The van der Waals surface area contributed by atoms with Crippen molar-refractivity contribution in [3.8, 4) is 0 Å². The number of fused-ring (bicyclic) bond motifs is 2. The van der Waals surface area contributed by atoms with Crippen LogP contribution in [-0.4, -0.2) is 29.9 Å². The van der Waals surface area contributed by atoms with Crippen molar-refractivity contribution in [2.24, 2.45) is 17.8 Å². The molecule has 2 aliphatic carbocycles. The Balaban J connectivity index is 1.41. The van der Waals surface area contributed by atoms with Gasteiger partial charge in [-0.1, -0.05) is 44.3 Å². The van der Waals surface area contributed by atoms with Crippen molar-refractivity contribution in [2.45, 2.75) is 69.6 Å². The first kappa shape index (κ1) is 17.2. The van der Waals surface area contributed by atoms with Crippen molar-refractivity contribution >= 4 is 10.2 Å². The number of hydrogen-bond donors (Lipinski definition) is 0. The predicted octanol–water partition coefficient (Wildman–Crippen LogP) is 4.43. The predicted molar refractivity (Wildman–Crippen MR) is 88.3 cm³/mol. The molecular weight excluding hydrogens is 276 g/mol. The van der Waals surface area contributed by atoms with E-state index in [1.165, 1.54) is 51.4 Å². The summed E-state index contributed by atoms with van der Waals surface area (Å²) in [6.45, 7) is 0. The summed E-state index contributed by atoms with van der Waals surface area (Å²) in [5, 5.41) is 0. The average molecular weight is 308 g/mol. The van der Waals surface area contributed by atoms with E-state index in [1.54, 1.807) is 14.2 Å². The number of hydrogen-bond acceptors (Lipinski definition) is 2. The zero-order valence-corrected chi connectivity index (χ0v) is 14.8. The van der Waals surface area contributed by atoms with E-state index >= 15 is 0 Å². The van der Waals surface area contributed by atoms with Crippen molar-refractivity contribution < 1.29 is 9.47 Å². The Bertz CT molecular complexity index is 325. The summed E-state index contributed by atoms with van der Waals surface area (Å²) >= 11 is 0. The molecule has 119 valence electrons. The van der Waals surface area contributed by atoms with E-state index in [4.69, 9.17) is 9.47 Å². The largest absolute Gasteiger partial charge is 0.358 e. The molecule has 21 heavy (non-hydrogen) atoms. The van der Waals surface area contributed by atoms with Crippen LogP contribution in [0.25, 0.3) is 0 Å². The molecule has 0 amide bonds. The van der Waals surface area contributed by atoms with Crippen LogP contribution < -0.4 is 0 Å². The van der Waals surface area contributed by atoms with Crippen LogP contribution in [0, 0.1) is 17.8 Å². The third-order valence-corrected chi connectivity index (χ3v) is 6.06. The molecule has 1 fully saturated rings. The maximum absolute atomic E-state index is 5.30. The van der Waals surface area contributed by atoms with Gasteiger partial charge in [0.15, 0.2) is 0 Å². The summed E-state index contributed by atoms with van der Waals surface area (Å²) in [4.78, 5) is 0. The first-order valence-electron chi connectivity index (χ1n) is 8.70. The van der Waals surface area contributed by atoms with Gasteiger partial charge in [0, 0.05) is 14.2 Å². The van der Waals surface area contributed by atoms with Crippen LogP contribution in [0.5, 0.6) is 0 Å². The third kappa shape index (κ3) is 5.22. The van der Waals surface area contributed by atoms with Crippen molar-refractivity contribution in [3.05, 3.63) is 12.2 Å². The number of ether oxygens (including phenoxy) is 2. The molecule has 2 rings (SSSR count). The first-order valence-corrected chi connectivity index (χ1v) is 9.20. The van der Waals surface area contributed by atoms with E-state index in [-0.39, 0.29) is 0 Å². The minimum atomic E-state index is -0.574. The highest BCUT2D eigenvalue weighted by Gasteiger charge is 2.34. The lowest BCUT2D eigenvalue weighted by molar-refractivity contribution is -0.146. The van der Waals surface area contributed by atoms with Crippen molar-refractivity contribution in [3.63, 3.8) is 0 Å². The number of allylic oxidation sites excluding steroid dienone is 2. The van der Waals surface area contributed by atoms with E-state index in [2.05, 4.69) is 22.4 Å². The van der Waals surface area contributed by atoms with Gasteiger partial charge in [0.2, 0.25) is 0 Å². The molecule has 3 atom stereocenters. The van der Waals surface area contributed by atoms with E-state index < -0.39 is 5.41 Å². The molecule has 3 heteroatoms. The number of rotatable bonds is 11. The van der Waals surface area contributed by atoms with Crippen LogP contribution in [0.15, 0.2) is 12.2 Å². The molecule has 1 saturated carbocycles. The van der Waals surface area contributed by atoms with E-state index in [1.807, 2.05) is 0 Å². The number of unbranched alkanes of at least 4 members (excludes halogenated alkanes) is 5. The average Bonchev–Trinajstić information content (AvgIpc) is 3.12. The molecule has 2 nitrogen and oxygen atoms in total. The van der Waals surface area contributed by atoms with Gasteiger partial charge in [0.25, 0.3) is 0 Å². The van der Waals surface area contributed by atoms with Crippen LogP contribution in [-0.2, 0) is 9.47 Å². The number of methoxy groups -OCH3 is 2.